The van der Waals surface area contributed by atoms with E-state index in [0.29, 0.717) is 6.54 Å². The van der Waals surface area contributed by atoms with Gasteiger partial charge in [-0.1, -0.05) is 30.3 Å². The minimum absolute atomic E-state index is 0.179. The monoisotopic (exact) mass is 411 g/mol. The summed E-state index contributed by atoms with van der Waals surface area (Å²) in [6, 6.07) is 15.9. The number of carbonyl (C=O) groups is 1. The fraction of sp³-hybridized carbons (Fsp3) is 0.190. The number of aryl methyl sites for hydroxylation is 1. The van der Waals surface area contributed by atoms with E-state index in [1.54, 1.807) is 12.1 Å². The molecule has 1 amide bonds. The number of aromatic nitrogens is 2. The molecule has 6 nitrogen and oxygen atoms in total. The van der Waals surface area contributed by atoms with E-state index in [0.717, 1.165) is 28.2 Å². The van der Waals surface area contributed by atoms with Crippen molar-refractivity contribution in [3.8, 4) is 5.69 Å². The lowest BCUT2D eigenvalue weighted by Crippen LogP contribution is -2.47. The van der Waals surface area contributed by atoms with E-state index in [4.69, 9.17) is 12.2 Å². The number of benzene rings is 2. The second kappa shape index (κ2) is 9.29. The lowest BCUT2D eigenvalue weighted by atomic mass is 10.1. The number of halogens is 1. The first-order chi connectivity index (χ1) is 13.9. The molecule has 0 atom stereocenters. The Hall–Kier alpha value is -3.26. The lowest BCUT2D eigenvalue weighted by Gasteiger charge is -2.12. The third-order valence-corrected chi connectivity index (χ3v) is 4.71. The van der Waals surface area contributed by atoms with Gasteiger partial charge in [-0.25, -0.2) is 9.07 Å². The van der Waals surface area contributed by atoms with Crippen LogP contribution >= 0.6 is 12.2 Å². The molecule has 1 heterocycles. The van der Waals surface area contributed by atoms with E-state index >= 15 is 0 Å². The summed E-state index contributed by atoms with van der Waals surface area (Å²) in [5, 5.41) is 7.78. The first-order valence-electron chi connectivity index (χ1n) is 9.11. The van der Waals surface area contributed by atoms with Crippen molar-refractivity contribution in [1.82, 2.24) is 25.9 Å². The van der Waals surface area contributed by atoms with Crippen molar-refractivity contribution in [1.29, 1.82) is 0 Å². The summed E-state index contributed by atoms with van der Waals surface area (Å²) in [6.45, 7) is 4.25. The zero-order valence-electron chi connectivity index (χ0n) is 16.2. The molecule has 2 aromatic carbocycles. The standard InChI is InChI=1S/C21H22FN5OS/c1-14-19(15(2)27(26-14)18-6-4-3-5-7-18)12-20(28)24-25-21(29)23-13-16-8-10-17(22)11-9-16/h3-11H,12-13H2,1-2H3,(H,24,28)(H2,23,25,29). The first-order valence-corrected chi connectivity index (χ1v) is 9.52. The van der Waals surface area contributed by atoms with Crippen molar-refractivity contribution >= 4 is 23.2 Å². The van der Waals surface area contributed by atoms with E-state index in [1.807, 2.05) is 48.9 Å². The molecule has 3 rings (SSSR count). The molecule has 0 bridgehead atoms. The first kappa shape index (κ1) is 20.5. The fourth-order valence-corrected chi connectivity index (χ4v) is 3.03. The van der Waals surface area contributed by atoms with E-state index in [9.17, 15) is 9.18 Å². The van der Waals surface area contributed by atoms with Gasteiger partial charge < -0.3 is 5.32 Å². The van der Waals surface area contributed by atoms with Crippen molar-refractivity contribution in [2.75, 3.05) is 0 Å². The van der Waals surface area contributed by atoms with E-state index in [1.165, 1.54) is 12.1 Å². The number of amides is 1. The summed E-state index contributed by atoms with van der Waals surface area (Å²) in [6.07, 6.45) is 0.179. The highest BCUT2D eigenvalue weighted by atomic mass is 32.1. The van der Waals surface area contributed by atoms with Gasteiger partial charge in [0.05, 0.1) is 17.8 Å². The second-order valence-corrected chi connectivity index (χ2v) is 6.96. The maximum absolute atomic E-state index is 12.9. The number of nitrogens with zero attached hydrogens (tertiary/aromatic N) is 2. The number of carbonyl (C=O) groups excluding carboxylic acids is 1. The third kappa shape index (κ3) is 5.39. The van der Waals surface area contributed by atoms with Crippen molar-refractivity contribution < 1.29 is 9.18 Å². The van der Waals surface area contributed by atoms with Gasteiger partial charge in [-0.15, -0.1) is 0 Å². The molecule has 0 saturated heterocycles. The van der Waals surface area contributed by atoms with Gasteiger partial charge >= 0.3 is 0 Å². The van der Waals surface area contributed by atoms with Crippen LogP contribution in [0.3, 0.4) is 0 Å². The Bertz CT molecular complexity index is 1000. The molecule has 0 aliphatic carbocycles. The van der Waals surface area contributed by atoms with Crippen molar-refractivity contribution in [3.63, 3.8) is 0 Å². The van der Waals surface area contributed by atoms with Gasteiger partial charge in [-0.05, 0) is 55.9 Å². The minimum atomic E-state index is -0.289. The summed E-state index contributed by atoms with van der Waals surface area (Å²) in [5.74, 6) is -0.516. The number of hydrazine groups is 1. The molecule has 0 spiro atoms. The van der Waals surface area contributed by atoms with Crippen LogP contribution in [0.4, 0.5) is 4.39 Å². The predicted molar refractivity (Wildman–Crippen MR) is 114 cm³/mol. The van der Waals surface area contributed by atoms with Crippen LogP contribution in [0.2, 0.25) is 0 Å². The summed E-state index contributed by atoms with van der Waals surface area (Å²) >= 11 is 5.15. The Kier molecular flexibility index (Phi) is 6.56. The quantitative estimate of drug-likeness (QED) is 0.445. The highest BCUT2D eigenvalue weighted by Gasteiger charge is 2.16. The Morgan fingerprint density at radius 1 is 1.07 bits per heavy atom. The van der Waals surface area contributed by atoms with Crippen LogP contribution in [0.15, 0.2) is 54.6 Å². The van der Waals surface area contributed by atoms with Crippen LogP contribution < -0.4 is 16.2 Å². The maximum atomic E-state index is 12.9. The van der Waals surface area contributed by atoms with Gasteiger partial charge in [0.15, 0.2) is 5.11 Å². The van der Waals surface area contributed by atoms with Crippen LogP contribution in [-0.4, -0.2) is 20.8 Å². The molecule has 1 aromatic heterocycles. The molecule has 29 heavy (non-hydrogen) atoms. The van der Waals surface area contributed by atoms with Gasteiger partial charge in [0.25, 0.3) is 0 Å². The molecule has 0 aliphatic rings. The molecule has 0 fully saturated rings. The van der Waals surface area contributed by atoms with Gasteiger partial charge in [-0.2, -0.15) is 5.10 Å². The van der Waals surface area contributed by atoms with Crippen LogP contribution in [0, 0.1) is 19.7 Å². The van der Waals surface area contributed by atoms with Crippen molar-refractivity contribution in [2.45, 2.75) is 26.8 Å². The predicted octanol–water partition coefficient (Wildman–Crippen LogP) is 2.87. The molecule has 3 aromatic rings. The molecule has 0 saturated carbocycles. The lowest BCUT2D eigenvalue weighted by molar-refractivity contribution is -0.121. The summed E-state index contributed by atoms with van der Waals surface area (Å²) in [4.78, 5) is 12.3. The Balaban J connectivity index is 1.52. The number of nitrogens with one attached hydrogen (secondary N) is 3. The van der Waals surface area contributed by atoms with Crippen molar-refractivity contribution in [3.05, 3.63) is 82.9 Å². The molecular weight excluding hydrogens is 389 g/mol. The number of rotatable bonds is 5. The SMILES string of the molecule is Cc1nn(-c2ccccc2)c(C)c1CC(=O)NNC(=S)NCc1ccc(F)cc1. The van der Waals surface area contributed by atoms with Crippen LogP contribution in [-0.2, 0) is 17.8 Å². The Morgan fingerprint density at radius 3 is 2.45 bits per heavy atom. The van der Waals surface area contributed by atoms with E-state index < -0.39 is 0 Å². The average Bonchev–Trinajstić information content (AvgIpc) is 3.00. The van der Waals surface area contributed by atoms with E-state index in [-0.39, 0.29) is 23.3 Å². The molecule has 150 valence electrons. The largest absolute Gasteiger partial charge is 0.357 e. The third-order valence-electron chi connectivity index (χ3n) is 4.46. The molecular formula is C21H22FN5OS. The van der Waals surface area contributed by atoms with Gasteiger partial charge in [0.2, 0.25) is 5.91 Å². The molecule has 8 heteroatoms. The Labute approximate surface area is 174 Å². The van der Waals surface area contributed by atoms with Gasteiger partial charge in [0.1, 0.15) is 5.82 Å². The van der Waals surface area contributed by atoms with Gasteiger partial charge in [-0.3, -0.25) is 15.6 Å². The maximum Gasteiger partial charge on any atom is 0.242 e. The minimum Gasteiger partial charge on any atom is -0.357 e. The molecule has 0 unspecified atom stereocenters. The second-order valence-electron chi connectivity index (χ2n) is 6.56. The smallest absolute Gasteiger partial charge is 0.242 e. The zero-order valence-corrected chi connectivity index (χ0v) is 17.0. The summed E-state index contributed by atoms with van der Waals surface area (Å²) in [5.41, 5.74) is 9.69. The number of thiocarbonyl (C=S) groups is 1. The fourth-order valence-electron chi connectivity index (χ4n) is 2.91. The number of para-hydroxylation sites is 1. The molecule has 0 aliphatic heterocycles. The van der Waals surface area contributed by atoms with Gasteiger partial charge in [0, 0.05) is 17.8 Å². The molecule has 0 radical (unpaired) electrons. The van der Waals surface area contributed by atoms with Crippen LogP contribution in [0.1, 0.15) is 22.5 Å². The van der Waals surface area contributed by atoms with Crippen LogP contribution in [0.25, 0.3) is 5.69 Å². The highest BCUT2D eigenvalue weighted by Crippen LogP contribution is 2.18. The zero-order chi connectivity index (χ0) is 20.8. The summed E-state index contributed by atoms with van der Waals surface area (Å²) < 4.78 is 14.8. The summed E-state index contributed by atoms with van der Waals surface area (Å²) in [7, 11) is 0. The topological polar surface area (TPSA) is 71.0 Å². The normalized spacial score (nSPS) is 10.4. The number of hydrogen-bond acceptors (Lipinski definition) is 3. The van der Waals surface area contributed by atoms with Crippen LogP contribution in [0.5, 0.6) is 0 Å². The van der Waals surface area contributed by atoms with E-state index in [2.05, 4.69) is 21.3 Å². The highest BCUT2D eigenvalue weighted by molar-refractivity contribution is 7.80. The van der Waals surface area contributed by atoms with Crippen molar-refractivity contribution in [2.24, 2.45) is 0 Å². The Morgan fingerprint density at radius 2 is 1.76 bits per heavy atom. The number of hydrogen-bond donors (Lipinski definition) is 3. The average molecular weight is 412 g/mol. The molecule has 3 N–H and O–H groups in total.